The third-order valence-electron chi connectivity index (χ3n) is 4.43. The molecule has 1 aliphatic rings. The number of likely N-dealkylation sites (tertiary alicyclic amines) is 1. The van der Waals surface area contributed by atoms with Crippen LogP contribution in [0.3, 0.4) is 0 Å². The van der Waals surface area contributed by atoms with E-state index in [1.807, 2.05) is 0 Å². The highest BCUT2D eigenvalue weighted by Gasteiger charge is 2.32. The molecule has 19 heavy (non-hydrogen) atoms. The van der Waals surface area contributed by atoms with Crippen molar-refractivity contribution in [1.82, 2.24) is 4.90 Å². The van der Waals surface area contributed by atoms with Crippen LogP contribution in [0.15, 0.2) is 30.3 Å². The van der Waals surface area contributed by atoms with E-state index in [1.165, 1.54) is 31.6 Å². The third-order valence-corrected chi connectivity index (χ3v) is 5.21. The van der Waals surface area contributed by atoms with Crippen molar-refractivity contribution in [3.8, 4) is 0 Å². The summed E-state index contributed by atoms with van der Waals surface area (Å²) in [6, 6.07) is 10.9. The average Bonchev–Trinajstić information content (AvgIpc) is 2.85. The number of benzene rings is 1. The lowest BCUT2D eigenvalue weighted by Crippen LogP contribution is -2.29. The van der Waals surface area contributed by atoms with Gasteiger partial charge in [-0.05, 0) is 29.9 Å². The van der Waals surface area contributed by atoms with Crippen LogP contribution in [0.5, 0.6) is 0 Å². The predicted molar refractivity (Wildman–Crippen MR) is 87.0 cm³/mol. The van der Waals surface area contributed by atoms with Crippen molar-refractivity contribution >= 4 is 15.9 Å². The summed E-state index contributed by atoms with van der Waals surface area (Å²) in [7, 11) is 0. The summed E-state index contributed by atoms with van der Waals surface area (Å²) in [5.74, 6) is 1.46. The second-order valence-corrected chi connectivity index (χ2v) is 7.52. The molecule has 0 amide bonds. The Balaban J connectivity index is 1.94. The highest BCUT2D eigenvalue weighted by molar-refractivity contribution is 9.09. The maximum Gasteiger partial charge on any atom is 0.0112 e. The number of halogens is 1. The summed E-state index contributed by atoms with van der Waals surface area (Å²) in [6.45, 7) is 10.8. The standard InChI is InChI=1S/C17H26BrN/c1-17(2,3)16-9-10-19(13-16)12-15(11-18)14-7-5-4-6-8-14/h4-8,15-16H,9-13H2,1-3H3. The van der Waals surface area contributed by atoms with E-state index >= 15 is 0 Å². The van der Waals surface area contributed by atoms with Gasteiger partial charge in [-0.1, -0.05) is 67.0 Å². The van der Waals surface area contributed by atoms with Gasteiger partial charge in [0.2, 0.25) is 0 Å². The third kappa shape index (κ3) is 4.06. The van der Waals surface area contributed by atoms with Crippen LogP contribution >= 0.6 is 15.9 Å². The molecule has 2 unspecified atom stereocenters. The number of nitrogens with zero attached hydrogens (tertiary/aromatic N) is 1. The first-order valence-corrected chi connectivity index (χ1v) is 8.46. The Morgan fingerprint density at radius 1 is 1.26 bits per heavy atom. The molecule has 0 saturated carbocycles. The molecule has 106 valence electrons. The van der Waals surface area contributed by atoms with Gasteiger partial charge in [-0.2, -0.15) is 0 Å². The minimum Gasteiger partial charge on any atom is -0.302 e. The van der Waals surface area contributed by atoms with E-state index in [2.05, 4.69) is 71.9 Å². The number of hydrogen-bond donors (Lipinski definition) is 0. The number of hydrogen-bond acceptors (Lipinski definition) is 1. The van der Waals surface area contributed by atoms with Gasteiger partial charge in [-0.25, -0.2) is 0 Å². The molecule has 1 fully saturated rings. The molecule has 0 radical (unpaired) electrons. The molecule has 2 atom stereocenters. The lowest BCUT2D eigenvalue weighted by Gasteiger charge is -2.28. The molecule has 2 heteroatoms. The molecule has 1 aliphatic heterocycles. The van der Waals surface area contributed by atoms with Crippen molar-refractivity contribution in [3.63, 3.8) is 0 Å². The summed E-state index contributed by atoms with van der Waals surface area (Å²) in [6.07, 6.45) is 1.35. The van der Waals surface area contributed by atoms with Crippen LogP contribution in [-0.2, 0) is 0 Å². The van der Waals surface area contributed by atoms with E-state index in [4.69, 9.17) is 0 Å². The molecular formula is C17H26BrN. The summed E-state index contributed by atoms with van der Waals surface area (Å²) in [5.41, 5.74) is 1.91. The fourth-order valence-electron chi connectivity index (χ4n) is 2.99. The van der Waals surface area contributed by atoms with Crippen LogP contribution in [0.1, 0.15) is 38.7 Å². The highest BCUT2D eigenvalue weighted by Crippen LogP contribution is 2.34. The van der Waals surface area contributed by atoms with E-state index in [-0.39, 0.29) is 0 Å². The van der Waals surface area contributed by atoms with Gasteiger partial charge < -0.3 is 4.90 Å². The molecule has 1 aromatic rings. The van der Waals surface area contributed by atoms with Gasteiger partial charge in [0.05, 0.1) is 0 Å². The van der Waals surface area contributed by atoms with E-state index in [1.54, 1.807) is 0 Å². The van der Waals surface area contributed by atoms with Crippen molar-refractivity contribution in [2.45, 2.75) is 33.1 Å². The lowest BCUT2D eigenvalue weighted by molar-refractivity contribution is 0.226. The van der Waals surface area contributed by atoms with E-state index in [9.17, 15) is 0 Å². The van der Waals surface area contributed by atoms with Gasteiger partial charge in [0, 0.05) is 24.3 Å². The zero-order chi connectivity index (χ0) is 13.9. The maximum atomic E-state index is 3.69. The van der Waals surface area contributed by atoms with Gasteiger partial charge in [0.1, 0.15) is 0 Å². The van der Waals surface area contributed by atoms with E-state index in [0.29, 0.717) is 11.3 Å². The second kappa shape index (κ2) is 6.41. The maximum absolute atomic E-state index is 3.69. The normalized spacial score (nSPS) is 22.6. The van der Waals surface area contributed by atoms with Gasteiger partial charge in [0.25, 0.3) is 0 Å². The van der Waals surface area contributed by atoms with Crippen LogP contribution in [0, 0.1) is 11.3 Å². The molecule has 0 spiro atoms. The molecule has 2 rings (SSSR count). The minimum atomic E-state index is 0.450. The molecule has 1 aromatic carbocycles. The van der Waals surface area contributed by atoms with Crippen LogP contribution in [0.25, 0.3) is 0 Å². The Morgan fingerprint density at radius 3 is 2.47 bits per heavy atom. The number of rotatable bonds is 4. The molecule has 1 saturated heterocycles. The molecule has 1 nitrogen and oxygen atoms in total. The van der Waals surface area contributed by atoms with Gasteiger partial charge in [-0.15, -0.1) is 0 Å². The van der Waals surface area contributed by atoms with Crippen molar-refractivity contribution in [2.75, 3.05) is 25.0 Å². The van der Waals surface area contributed by atoms with Crippen molar-refractivity contribution in [2.24, 2.45) is 11.3 Å². The van der Waals surface area contributed by atoms with Crippen molar-refractivity contribution < 1.29 is 0 Å². The molecule has 0 aliphatic carbocycles. The first kappa shape index (κ1) is 15.1. The van der Waals surface area contributed by atoms with E-state index < -0.39 is 0 Å². The summed E-state index contributed by atoms with van der Waals surface area (Å²) < 4.78 is 0. The average molecular weight is 324 g/mol. The Morgan fingerprint density at radius 2 is 1.95 bits per heavy atom. The first-order chi connectivity index (χ1) is 9.00. The zero-order valence-electron chi connectivity index (χ0n) is 12.4. The molecule has 0 bridgehead atoms. The van der Waals surface area contributed by atoms with Crippen molar-refractivity contribution in [3.05, 3.63) is 35.9 Å². The number of alkyl halides is 1. The Kier molecular flexibility index (Phi) is 5.08. The summed E-state index contributed by atoms with van der Waals surface area (Å²) >= 11 is 3.69. The smallest absolute Gasteiger partial charge is 0.0112 e. The SMILES string of the molecule is CC(C)(C)C1CCN(CC(CBr)c2ccccc2)C1. The van der Waals surface area contributed by atoms with Crippen LogP contribution < -0.4 is 0 Å². The van der Waals surface area contributed by atoms with E-state index in [0.717, 1.165) is 11.2 Å². The first-order valence-electron chi connectivity index (χ1n) is 7.34. The van der Waals surface area contributed by atoms with Crippen molar-refractivity contribution in [1.29, 1.82) is 0 Å². The topological polar surface area (TPSA) is 3.24 Å². The molecule has 0 aromatic heterocycles. The van der Waals surface area contributed by atoms with Gasteiger partial charge >= 0.3 is 0 Å². The van der Waals surface area contributed by atoms with Gasteiger partial charge in [-0.3, -0.25) is 0 Å². The van der Waals surface area contributed by atoms with Gasteiger partial charge in [0.15, 0.2) is 0 Å². The Bertz CT molecular complexity index is 382. The summed E-state index contributed by atoms with van der Waals surface area (Å²) in [5, 5.41) is 1.05. The van der Waals surface area contributed by atoms with Crippen LogP contribution in [0.4, 0.5) is 0 Å². The fourth-order valence-corrected chi connectivity index (χ4v) is 3.56. The lowest BCUT2D eigenvalue weighted by atomic mass is 9.80. The molecule has 1 heterocycles. The Hall–Kier alpha value is -0.340. The Labute approximate surface area is 126 Å². The monoisotopic (exact) mass is 323 g/mol. The predicted octanol–water partition coefficient (Wildman–Crippen LogP) is 4.53. The fraction of sp³-hybridized carbons (Fsp3) is 0.647. The zero-order valence-corrected chi connectivity index (χ0v) is 14.0. The molecular weight excluding hydrogens is 298 g/mol. The minimum absolute atomic E-state index is 0.450. The van der Waals surface area contributed by atoms with Crippen LogP contribution in [-0.4, -0.2) is 29.9 Å². The summed E-state index contributed by atoms with van der Waals surface area (Å²) in [4.78, 5) is 2.65. The second-order valence-electron chi connectivity index (χ2n) is 6.87. The van der Waals surface area contributed by atoms with Crippen LogP contribution in [0.2, 0.25) is 0 Å². The molecule has 0 N–H and O–H groups in total. The highest BCUT2D eigenvalue weighted by atomic mass is 79.9. The largest absolute Gasteiger partial charge is 0.302 e. The quantitative estimate of drug-likeness (QED) is 0.735.